The third kappa shape index (κ3) is 6.31. The Labute approximate surface area is 160 Å². The highest BCUT2D eigenvalue weighted by atomic mass is 35.5. The first-order valence-corrected chi connectivity index (χ1v) is 9.64. The lowest BCUT2D eigenvalue weighted by Gasteiger charge is -2.15. The quantitative estimate of drug-likeness (QED) is 0.625. The second-order valence-corrected chi connectivity index (χ2v) is 7.79. The Kier molecular flexibility index (Phi) is 6.89. The van der Waals surface area contributed by atoms with Crippen molar-refractivity contribution in [1.82, 2.24) is 15.6 Å². The van der Waals surface area contributed by atoms with Crippen molar-refractivity contribution < 1.29 is 22.4 Å². The van der Waals surface area contributed by atoms with Crippen molar-refractivity contribution in [3.63, 3.8) is 0 Å². The first kappa shape index (κ1) is 20.8. The summed E-state index contributed by atoms with van der Waals surface area (Å²) in [4.78, 5) is 23.7. The molecule has 0 saturated carbocycles. The fourth-order valence-electron chi connectivity index (χ4n) is 2.06. The molecule has 10 heteroatoms. The molecule has 0 bridgehead atoms. The molecule has 1 atom stereocenters. The molecule has 0 heterocycles. The Morgan fingerprint density at radius 3 is 2.41 bits per heavy atom. The number of nitrogens with one attached hydrogen (secondary N) is 3. The highest BCUT2D eigenvalue weighted by Crippen LogP contribution is 2.15. The molecule has 0 saturated heterocycles. The maximum atomic E-state index is 12.8. The van der Waals surface area contributed by atoms with E-state index in [-0.39, 0.29) is 16.3 Å². The lowest BCUT2D eigenvalue weighted by Crippen LogP contribution is -2.51. The van der Waals surface area contributed by atoms with Crippen LogP contribution in [0.4, 0.5) is 4.39 Å². The van der Waals surface area contributed by atoms with E-state index in [0.29, 0.717) is 5.56 Å². The third-order valence-electron chi connectivity index (χ3n) is 3.43. The van der Waals surface area contributed by atoms with Crippen molar-refractivity contribution in [1.29, 1.82) is 0 Å². The number of hydrogen-bond donors (Lipinski definition) is 3. The van der Waals surface area contributed by atoms with E-state index in [0.717, 1.165) is 0 Å². The van der Waals surface area contributed by atoms with E-state index in [1.807, 2.05) is 0 Å². The summed E-state index contributed by atoms with van der Waals surface area (Å²) in [6, 6.07) is 9.74. The summed E-state index contributed by atoms with van der Waals surface area (Å²) >= 11 is 5.77. The maximum Gasteiger partial charge on any atom is 0.256 e. The van der Waals surface area contributed by atoms with Gasteiger partial charge in [0.2, 0.25) is 15.9 Å². The fraction of sp³-hybridized carbons (Fsp3) is 0.176. The SMILES string of the molecule is C[C@H](NS(=O)(=O)c1cccc(Cl)c1)C(=O)NNC(=O)Cc1ccc(F)cc1. The first-order valence-electron chi connectivity index (χ1n) is 7.78. The lowest BCUT2D eigenvalue weighted by molar-refractivity contribution is -0.129. The Morgan fingerprint density at radius 1 is 1.11 bits per heavy atom. The summed E-state index contributed by atoms with van der Waals surface area (Å²) in [5, 5.41) is 0.239. The minimum absolute atomic E-state index is 0.0802. The van der Waals surface area contributed by atoms with Gasteiger partial charge in [-0.1, -0.05) is 29.8 Å². The van der Waals surface area contributed by atoms with E-state index in [9.17, 15) is 22.4 Å². The molecule has 0 unspecified atom stereocenters. The van der Waals surface area contributed by atoms with Gasteiger partial charge in [0.05, 0.1) is 17.4 Å². The summed E-state index contributed by atoms with van der Waals surface area (Å²) in [5.74, 6) is -1.72. The Hall–Kier alpha value is -2.49. The van der Waals surface area contributed by atoms with Gasteiger partial charge in [-0.2, -0.15) is 4.72 Å². The van der Waals surface area contributed by atoms with E-state index >= 15 is 0 Å². The zero-order valence-corrected chi connectivity index (χ0v) is 15.8. The summed E-state index contributed by atoms with van der Waals surface area (Å²) in [6.07, 6.45) is -0.0802. The molecule has 27 heavy (non-hydrogen) atoms. The van der Waals surface area contributed by atoms with Gasteiger partial charge in [-0.05, 0) is 42.8 Å². The molecule has 2 aromatic carbocycles. The molecule has 2 amide bonds. The van der Waals surface area contributed by atoms with E-state index in [1.54, 1.807) is 0 Å². The number of halogens is 2. The van der Waals surface area contributed by atoms with Gasteiger partial charge in [-0.3, -0.25) is 20.4 Å². The average molecular weight is 414 g/mol. The van der Waals surface area contributed by atoms with Crippen LogP contribution in [-0.2, 0) is 26.0 Å². The molecule has 0 aliphatic heterocycles. The number of hydrogen-bond acceptors (Lipinski definition) is 4. The molecule has 0 aromatic heterocycles. The van der Waals surface area contributed by atoms with Crippen LogP contribution < -0.4 is 15.6 Å². The molecule has 0 aliphatic carbocycles. The fourth-order valence-corrected chi connectivity index (χ4v) is 3.56. The number of rotatable bonds is 6. The topological polar surface area (TPSA) is 104 Å². The van der Waals surface area contributed by atoms with Gasteiger partial charge in [0.15, 0.2) is 0 Å². The number of carbonyl (C=O) groups excluding carboxylic acids is 2. The van der Waals surface area contributed by atoms with Crippen molar-refractivity contribution >= 4 is 33.4 Å². The molecule has 144 valence electrons. The van der Waals surface area contributed by atoms with Crippen LogP contribution in [0.1, 0.15) is 12.5 Å². The van der Waals surface area contributed by atoms with Gasteiger partial charge in [0.25, 0.3) is 5.91 Å². The molecule has 0 aliphatic rings. The highest BCUT2D eigenvalue weighted by molar-refractivity contribution is 7.89. The van der Waals surface area contributed by atoms with Crippen LogP contribution in [0.5, 0.6) is 0 Å². The van der Waals surface area contributed by atoms with E-state index in [4.69, 9.17) is 11.6 Å². The zero-order valence-electron chi connectivity index (χ0n) is 14.2. The van der Waals surface area contributed by atoms with Crippen LogP contribution in [0.15, 0.2) is 53.4 Å². The second-order valence-electron chi connectivity index (χ2n) is 5.64. The number of carbonyl (C=O) groups is 2. The average Bonchev–Trinajstić information content (AvgIpc) is 2.61. The molecule has 2 aromatic rings. The minimum Gasteiger partial charge on any atom is -0.273 e. The summed E-state index contributed by atoms with van der Waals surface area (Å²) < 4.78 is 39.5. The molecule has 0 radical (unpaired) electrons. The zero-order chi connectivity index (χ0) is 20.0. The third-order valence-corrected chi connectivity index (χ3v) is 5.21. The Bertz CT molecular complexity index is 935. The number of hydrazine groups is 1. The minimum atomic E-state index is -3.96. The predicted octanol–water partition coefficient (Wildman–Crippen LogP) is 1.54. The summed E-state index contributed by atoms with van der Waals surface area (Å²) in [6.45, 7) is 1.32. The van der Waals surface area contributed by atoms with E-state index in [2.05, 4.69) is 15.6 Å². The lowest BCUT2D eigenvalue weighted by atomic mass is 10.1. The van der Waals surface area contributed by atoms with Gasteiger partial charge >= 0.3 is 0 Å². The maximum absolute atomic E-state index is 12.8. The molecular weight excluding hydrogens is 397 g/mol. The molecule has 2 rings (SSSR count). The van der Waals surface area contributed by atoms with Crippen LogP contribution in [0.25, 0.3) is 0 Å². The van der Waals surface area contributed by atoms with Crippen LogP contribution >= 0.6 is 11.6 Å². The number of amides is 2. The predicted molar refractivity (Wildman–Crippen MR) is 97.6 cm³/mol. The number of benzene rings is 2. The van der Waals surface area contributed by atoms with Gasteiger partial charge in [-0.15, -0.1) is 0 Å². The van der Waals surface area contributed by atoms with Crippen molar-refractivity contribution in [2.45, 2.75) is 24.3 Å². The van der Waals surface area contributed by atoms with Crippen LogP contribution in [0, 0.1) is 5.82 Å². The monoisotopic (exact) mass is 413 g/mol. The molecule has 3 N–H and O–H groups in total. The number of sulfonamides is 1. The van der Waals surface area contributed by atoms with Crippen molar-refractivity contribution in [3.05, 3.63) is 64.9 Å². The standard InChI is InChI=1S/C17H17ClFN3O4S/c1-11(22-27(25,26)15-4-2-3-13(18)10-15)17(24)21-20-16(23)9-12-5-7-14(19)8-6-12/h2-8,10-11,22H,9H2,1H3,(H,20,23)(H,21,24)/t11-/m0/s1. The normalized spacial score (nSPS) is 12.3. The molecule has 0 fully saturated rings. The van der Waals surface area contributed by atoms with Gasteiger partial charge in [0, 0.05) is 5.02 Å². The summed E-state index contributed by atoms with van der Waals surface area (Å²) in [7, 11) is -3.96. The van der Waals surface area contributed by atoms with E-state index < -0.39 is 33.7 Å². The van der Waals surface area contributed by atoms with Crippen LogP contribution in [0.2, 0.25) is 5.02 Å². The van der Waals surface area contributed by atoms with E-state index in [1.165, 1.54) is 55.5 Å². The van der Waals surface area contributed by atoms with Crippen LogP contribution in [0.3, 0.4) is 0 Å². The summed E-state index contributed by atoms with van der Waals surface area (Å²) in [5.41, 5.74) is 4.86. The van der Waals surface area contributed by atoms with Gasteiger partial charge in [0.1, 0.15) is 5.82 Å². The molecular formula is C17H17ClFN3O4S. The second kappa shape index (κ2) is 8.94. The van der Waals surface area contributed by atoms with Crippen LogP contribution in [-0.4, -0.2) is 26.3 Å². The van der Waals surface area contributed by atoms with Crippen molar-refractivity contribution in [2.75, 3.05) is 0 Å². The molecule has 0 spiro atoms. The van der Waals surface area contributed by atoms with Crippen molar-refractivity contribution in [2.24, 2.45) is 0 Å². The molecule has 7 nitrogen and oxygen atoms in total. The Morgan fingerprint density at radius 2 is 1.78 bits per heavy atom. The van der Waals surface area contributed by atoms with Crippen molar-refractivity contribution in [3.8, 4) is 0 Å². The largest absolute Gasteiger partial charge is 0.273 e. The highest BCUT2D eigenvalue weighted by Gasteiger charge is 2.22. The Balaban J connectivity index is 1.87. The first-order chi connectivity index (χ1) is 12.7. The van der Waals surface area contributed by atoms with Gasteiger partial charge in [-0.25, -0.2) is 12.8 Å². The van der Waals surface area contributed by atoms with Gasteiger partial charge < -0.3 is 0 Å². The smallest absolute Gasteiger partial charge is 0.256 e.